The van der Waals surface area contributed by atoms with E-state index in [1.807, 2.05) is 0 Å². The number of nitro groups is 1. The Bertz CT molecular complexity index is 987. The molecule has 2 rings (SSSR count). The maximum atomic E-state index is 12.6. The largest absolute Gasteiger partial charge is 0.497 e. The van der Waals surface area contributed by atoms with E-state index in [0.29, 0.717) is 11.5 Å². The number of alkyl halides is 3. The summed E-state index contributed by atoms with van der Waals surface area (Å²) in [6.07, 6.45) is -1.27. The highest BCUT2D eigenvalue weighted by Gasteiger charge is 2.35. The number of nitrogens with one attached hydrogen (secondary N) is 3. The summed E-state index contributed by atoms with van der Waals surface area (Å²) in [6.45, 7) is 0. The number of carbonyl (C=O) groups is 1. The van der Waals surface area contributed by atoms with Crippen molar-refractivity contribution in [2.45, 2.75) is 9.96 Å². The fourth-order valence-corrected chi connectivity index (χ4v) is 2.92. The van der Waals surface area contributed by atoms with Crippen LogP contribution in [0.1, 0.15) is 10.4 Å². The number of carbonyl (C=O) groups excluding carboxylic acids is 1. The number of benzene rings is 2. The lowest BCUT2D eigenvalue weighted by Crippen LogP contribution is -2.56. The predicted molar refractivity (Wildman–Crippen MR) is 124 cm³/mol. The van der Waals surface area contributed by atoms with Gasteiger partial charge in [0, 0.05) is 5.56 Å². The van der Waals surface area contributed by atoms with Gasteiger partial charge >= 0.3 is 0 Å². The number of hydrogen-bond acceptors (Lipinski definition) is 6. The third kappa shape index (κ3) is 7.00. The van der Waals surface area contributed by atoms with E-state index < -0.39 is 20.8 Å². The third-order valence-corrected chi connectivity index (χ3v) is 4.73. The van der Waals surface area contributed by atoms with Gasteiger partial charge in [0.1, 0.15) is 23.4 Å². The molecule has 0 aliphatic heterocycles. The van der Waals surface area contributed by atoms with Gasteiger partial charge in [-0.25, -0.2) is 0 Å². The summed E-state index contributed by atoms with van der Waals surface area (Å²) in [5.41, 5.74) is 0.0462. The molecule has 9 nitrogen and oxygen atoms in total. The van der Waals surface area contributed by atoms with Crippen LogP contribution in [0.15, 0.2) is 42.5 Å². The lowest BCUT2D eigenvalue weighted by Gasteiger charge is -2.27. The molecule has 0 saturated heterocycles. The highest BCUT2D eigenvalue weighted by atomic mass is 35.6. The molecule has 0 radical (unpaired) electrons. The van der Waals surface area contributed by atoms with Crippen LogP contribution in [0.3, 0.4) is 0 Å². The van der Waals surface area contributed by atoms with Crippen LogP contribution in [0.25, 0.3) is 0 Å². The monoisotopic (exact) mass is 506 g/mol. The molecule has 0 heterocycles. The first-order valence-electron chi connectivity index (χ1n) is 8.46. The Morgan fingerprint density at radius 2 is 1.74 bits per heavy atom. The van der Waals surface area contributed by atoms with E-state index in [9.17, 15) is 14.9 Å². The Morgan fingerprint density at radius 1 is 1.10 bits per heavy atom. The van der Waals surface area contributed by atoms with E-state index >= 15 is 0 Å². The van der Waals surface area contributed by atoms with Crippen LogP contribution in [0.4, 0.5) is 11.4 Å². The van der Waals surface area contributed by atoms with Gasteiger partial charge in [-0.1, -0.05) is 40.9 Å². The van der Waals surface area contributed by atoms with Crippen molar-refractivity contribution < 1.29 is 19.2 Å². The van der Waals surface area contributed by atoms with Crippen LogP contribution in [-0.2, 0) is 0 Å². The number of methoxy groups -OCH3 is 2. The molecule has 0 aliphatic rings. The molecule has 13 heteroatoms. The summed E-state index contributed by atoms with van der Waals surface area (Å²) in [4.78, 5) is 23.3. The summed E-state index contributed by atoms with van der Waals surface area (Å²) in [5, 5.41) is 19.0. The number of hydrogen-bond donors (Lipinski definition) is 3. The van der Waals surface area contributed by atoms with Crippen LogP contribution in [0.5, 0.6) is 11.5 Å². The van der Waals surface area contributed by atoms with E-state index in [1.54, 1.807) is 18.2 Å². The van der Waals surface area contributed by atoms with Crippen molar-refractivity contribution in [2.75, 3.05) is 19.5 Å². The van der Waals surface area contributed by atoms with E-state index in [4.69, 9.17) is 56.5 Å². The number of thiocarbonyl (C=S) groups is 1. The summed E-state index contributed by atoms with van der Waals surface area (Å²) in [5.74, 6) is 0.192. The normalized spacial score (nSPS) is 11.8. The van der Waals surface area contributed by atoms with Crippen LogP contribution < -0.4 is 25.4 Å². The smallest absolute Gasteiger partial charge is 0.296 e. The second-order valence-corrected chi connectivity index (χ2v) is 8.70. The highest BCUT2D eigenvalue weighted by Crippen LogP contribution is 2.31. The zero-order valence-corrected chi connectivity index (χ0v) is 19.2. The molecule has 0 bridgehead atoms. The zero-order chi connectivity index (χ0) is 23.2. The number of halogens is 3. The third-order valence-electron chi connectivity index (χ3n) is 3.86. The van der Waals surface area contributed by atoms with Gasteiger partial charge in [0.15, 0.2) is 5.11 Å². The van der Waals surface area contributed by atoms with Gasteiger partial charge in [-0.3, -0.25) is 14.9 Å². The molecule has 1 amide bonds. The standard InChI is InChI=1S/C18H17Cl3N4O5S/c1-29-11-5-3-4-10(8-11)15(26)23-16(18(19,20)21)24-17(31)22-13-7-6-12(30-2)9-14(13)25(27)28/h3-9,16H,1-2H3,(H,23,26)(H2,22,24,31)/t16-/m1/s1. The number of nitro benzene ring substituents is 1. The number of ether oxygens (including phenoxy) is 2. The second kappa shape index (κ2) is 10.7. The topological polar surface area (TPSA) is 115 Å². The van der Waals surface area contributed by atoms with Crippen molar-refractivity contribution in [3.8, 4) is 11.5 Å². The van der Waals surface area contributed by atoms with Crippen LogP contribution in [0.2, 0.25) is 0 Å². The van der Waals surface area contributed by atoms with E-state index in [-0.39, 0.29) is 22.1 Å². The molecule has 0 fully saturated rings. The Balaban J connectivity index is 2.17. The lowest BCUT2D eigenvalue weighted by atomic mass is 10.2. The number of amides is 1. The average Bonchev–Trinajstić information content (AvgIpc) is 2.72. The van der Waals surface area contributed by atoms with Gasteiger partial charge in [0.2, 0.25) is 3.79 Å². The Morgan fingerprint density at radius 3 is 2.32 bits per heavy atom. The summed E-state index contributed by atoms with van der Waals surface area (Å²) in [7, 11) is 2.85. The van der Waals surface area contributed by atoms with E-state index in [0.717, 1.165) is 0 Å². The van der Waals surface area contributed by atoms with Crippen molar-refractivity contribution in [2.24, 2.45) is 0 Å². The lowest BCUT2D eigenvalue weighted by molar-refractivity contribution is -0.384. The van der Waals surface area contributed by atoms with Crippen molar-refractivity contribution in [1.29, 1.82) is 0 Å². The first kappa shape index (κ1) is 24.7. The van der Waals surface area contributed by atoms with Crippen LogP contribution >= 0.6 is 47.0 Å². The second-order valence-electron chi connectivity index (χ2n) is 5.92. The minimum absolute atomic E-state index is 0.0745. The molecule has 0 aliphatic carbocycles. The zero-order valence-electron chi connectivity index (χ0n) is 16.1. The molecule has 31 heavy (non-hydrogen) atoms. The molecule has 2 aromatic rings. The minimum atomic E-state index is -2.01. The molecular formula is C18H17Cl3N4O5S. The molecule has 1 atom stereocenters. The predicted octanol–water partition coefficient (Wildman–Crippen LogP) is 4.02. The van der Waals surface area contributed by atoms with Gasteiger partial charge in [-0.15, -0.1) is 0 Å². The number of rotatable bonds is 7. The Kier molecular flexibility index (Phi) is 8.52. The molecular weight excluding hydrogens is 491 g/mol. The molecule has 0 aromatic heterocycles. The molecule has 0 unspecified atom stereocenters. The van der Waals surface area contributed by atoms with Crippen LogP contribution in [0, 0.1) is 10.1 Å². The highest BCUT2D eigenvalue weighted by molar-refractivity contribution is 7.80. The van der Waals surface area contributed by atoms with Crippen molar-refractivity contribution in [3.05, 3.63) is 58.1 Å². The average molecular weight is 508 g/mol. The maximum Gasteiger partial charge on any atom is 0.296 e. The molecule has 3 N–H and O–H groups in total. The van der Waals surface area contributed by atoms with Gasteiger partial charge in [-0.05, 0) is 42.5 Å². The fraction of sp³-hybridized carbons (Fsp3) is 0.222. The van der Waals surface area contributed by atoms with Crippen molar-refractivity contribution >= 4 is 69.4 Å². The summed E-state index contributed by atoms with van der Waals surface area (Å²) in [6, 6.07) is 10.5. The fourth-order valence-electron chi connectivity index (χ4n) is 2.36. The van der Waals surface area contributed by atoms with Crippen LogP contribution in [-0.4, -0.2) is 40.1 Å². The molecule has 2 aromatic carbocycles. The quantitative estimate of drug-likeness (QED) is 0.169. The molecule has 166 valence electrons. The number of nitrogens with zero attached hydrogens (tertiary/aromatic N) is 1. The van der Waals surface area contributed by atoms with Crippen molar-refractivity contribution in [1.82, 2.24) is 10.6 Å². The first-order chi connectivity index (χ1) is 14.5. The summed E-state index contributed by atoms with van der Waals surface area (Å²) < 4.78 is 8.07. The SMILES string of the molecule is COc1cccc(C(=O)N[C@H](NC(=S)Nc2ccc(OC)cc2[N+](=O)[O-])C(Cl)(Cl)Cl)c1. The van der Waals surface area contributed by atoms with Gasteiger partial charge in [-0.2, -0.15) is 0 Å². The van der Waals surface area contributed by atoms with Gasteiger partial charge in [0.25, 0.3) is 11.6 Å². The van der Waals surface area contributed by atoms with E-state index in [2.05, 4.69) is 16.0 Å². The number of anilines is 1. The molecule has 0 spiro atoms. The van der Waals surface area contributed by atoms with E-state index in [1.165, 1.54) is 38.5 Å². The molecule has 0 saturated carbocycles. The Labute approximate surface area is 198 Å². The maximum absolute atomic E-state index is 12.6. The first-order valence-corrected chi connectivity index (χ1v) is 10.0. The van der Waals surface area contributed by atoms with Gasteiger partial charge in [0.05, 0.1) is 25.2 Å². The minimum Gasteiger partial charge on any atom is -0.497 e. The summed E-state index contributed by atoms with van der Waals surface area (Å²) >= 11 is 23.1. The van der Waals surface area contributed by atoms with Crippen molar-refractivity contribution in [3.63, 3.8) is 0 Å². The van der Waals surface area contributed by atoms with Gasteiger partial charge < -0.3 is 25.4 Å². The Hall–Kier alpha value is -2.53.